The maximum atomic E-state index is 14.0. The molecule has 31 heavy (non-hydrogen) atoms. The number of nitrogens with zero attached hydrogens (tertiary/aromatic N) is 1. The summed E-state index contributed by atoms with van der Waals surface area (Å²) in [6, 6.07) is 12.3. The van der Waals surface area contributed by atoms with Gasteiger partial charge in [0.05, 0.1) is 11.6 Å². The van der Waals surface area contributed by atoms with Gasteiger partial charge in [0.1, 0.15) is 5.82 Å². The number of benzene rings is 2. The van der Waals surface area contributed by atoms with Crippen LogP contribution in [0.2, 0.25) is 0 Å². The van der Waals surface area contributed by atoms with Crippen LogP contribution >= 0.6 is 0 Å². The van der Waals surface area contributed by atoms with Gasteiger partial charge in [-0.25, -0.2) is 4.39 Å². The summed E-state index contributed by atoms with van der Waals surface area (Å²) < 4.78 is 19.2. The summed E-state index contributed by atoms with van der Waals surface area (Å²) >= 11 is 0. The molecule has 2 aromatic carbocycles. The Kier molecular flexibility index (Phi) is 6.64. The number of hydrogen-bond donors (Lipinski definition) is 2. The van der Waals surface area contributed by atoms with Crippen LogP contribution < -0.4 is 15.5 Å². The number of carbonyl (C=O) groups is 4. The van der Waals surface area contributed by atoms with Crippen molar-refractivity contribution in [3.63, 3.8) is 0 Å². The minimum atomic E-state index is -1.10. The maximum Gasteiger partial charge on any atom is 0.312 e. The molecule has 0 saturated carbocycles. The molecule has 0 unspecified atom stereocenters. The Labute approximate surface area is 178 Å². The number of rotatable bonds is 6. The highest BCUT2D eigenvalue weighted by atomic mass is 19.1. The summed E-state index contributed by atoms with van der Waals surface area (Å²) in [5.41, 5.74) is 1.15. The summed E-state index contributed by atoms with van der Waals surface area (Å²) in [4.78, 5) is 49.3. The number of esters is 1. The topological polar surface area (TPSA) is 105 Å². The minimum Gasteiger partial charge on any atom is -0.452 e. The van der Waals surface area contributed by atoms with Crippen molar-refractivity contribution in [3.8, 4) is 0 Å². The van der Waals surface area contributed by atoms with Crippen LogP contribution in [0.1, 0.15) is 20.3 Å². The molecule has 1 aliphatic rings. The highest BCUT2D eigenvalue weighted by Gasteiger charge is 2.38. The molecular weight excluding hydrogens is 405 g/mol. The molecular formula is C22H22FN3O5. The molecule has 2 aromatic rings. The highest BCUT2D eigenvalue weighted by molar-refractivity contribution is 6.00. The van der Waals surface area contributed by atoms with Gasteiger partial charge in [0.25, 0.3) is 5.91 Å². The number of anilines is 3. The molecule has 9 heteroatoms. The van der Waals surface area contributed by atoms with Gasteiger partial charge in [-0.3, -0.25) is 19.2 Å². The average molecular weight is 427 g/mol. The fourth-order valence-electron chi connectivity index (χ4n) is 3.18. The molecule has 0 aromatic heterocycles. The Morgan fingerprint density at radius 1 is 1.06 bits per heavy atom. The second-order valence-corrected chi connectivity index (χ2v) is 7.18. The van der Waals surface area contributed by atoms with Gasteiger partial charge in [0.2, 0.25) is 11.8 Å². The molecule has 3 rings (SSSR count). The van der Waals surface area contributed by atoms with E-state index in [0.717, 1.165) is 0 Å². The summed E-state index contributed by atoms with van der Waals surface area (Å²) in [6.45, 7) is 2.79. The predicted molar refractivity (Wildman–Crippen MR) is 112 cm³/mol. The van der Waals surface area contributed by atoms with Crippen LogP contribution in [0.4, 0.5) is 21.5 Å². The summed E-state index contributed by atoms with van der Waals surface area (Å²) in [5, 5.41) is 5.23. The lowest BCUT2D eigenvalue weighted by Crippen LogP contribution is -2.33. The normalized spacial score (nSPS) is 16.5. The summed E-state index contributed by atoms with van der Waals surface area (Å²) in [7, 11) is 0. The Morgan fingerprint density at radius 3 is 2.29 bits per heavy atom. The first-order valence-electron chi connectivity index (χ1n) is 9.68. The Bertz CT molecular complexity index is 1010. The van der Waals surface area contributed by atoms with Crippen molar-refractivity contribution >= 4 is 40.8 Å². The number of carbonyl (C=O) groups excluding carboxylic acids is 4. The van der Waals surface area contributed by atoms with Crippen LogP contribution in [0.15, 0.2) is 48.5 Å². The maximum absolute atomic E-state index is 14.0. The monoisotopic (exact) mass is 427 g/mol. The molecule has 2 N–H and O–H groups in total. The van der Waals surface area contributed by atoms with Crippen LogP contribution in [0.5, 0.6) is 0 Å². The van der Waals surface area contributed by atoms with Crippen molar-refractivity contribution in [2.75, 3.05) is 22.1 Å². The predicted octanol–water partition coefficient (Wildman–Crippen LogP) is 2.71. The molecule has 0 aliphatic carbocycles. The molecule has 8 nitrogen and oxygen atoms in total. The first-order valence-corrected chi connectivity index (χ1v) is 9.68. The zero-order valence-electron chi connectivity index (χ0n) is 17.1. The van der Waals surface area contributed by atoms with Crippen LogP contribution in [0, 0.1) is 11.7 Å². The van der Waals surface area contributed by atoms with Crippen molar-refractivity contribution in [1.82, 2.24) is 0 Å². The van der Waals surface area contributed by atoms with E-state index in [0.29, 0.717) is 11.4 Å². The van der Waals surface area contributed by atoms with E-state index in [2.05, 4.69) is 10.6 Å². The Balaban J connectivity index is 1.55. The summed E-state index contributed by atoms with van der Waals surface area (Å²) in [6.07, 6.45) is -1.22. The number of halogens is 1. The lowest BCUT2D eigenvalue weighted by molar-refractivity contribution is -0.157. The van der Waals surface area contributed by atoms with Crippen LogP contribution in [-0.2, 0) is 23.9 Å². The fraction of sp³-hybridized carbons (Fsp3) is 0.273. The standard InChI is InChI=1S/C22H22FN3O5/c1-13(21(29)25-17-9-7-16(8-10-17)24-14(2)27)31-22(30)15-11-20(28)26(12-15)19-6-4-3-5-18(19)23/h3-10,13,15H,11-12H2,1-2H3,(H,24,27)(H,25,29)/t13-,15+/m0/s1. The number of hydrogen-bond acceptors (Lipinski definition) is 5. The smallest absolute Gasteiger partial charge is 0.312 e. The molecule has 1 heterocycles. The third-order valence-corrected chi connectivity index (χ3v) is 4.74. The quantitative estimate of drug-likeness (QED) is 0.690. The number of ether oxygens (including phenoxy) is 1. The van der Waals surface area contributed by atoms with E-state index in [9.17, 15) is 23.6 Å². The van der Waals surface area contributed by atoms with Gasteiger partial charge >= 0.3 is 5.97 Å². The zero-order chi connectivity index (χ0) is 22.5. The third kappa shape index (κ3) is 5.44. The van der Waals surface area contributed by atoms with E-state index in [4.69, 9.17) is 4.74 Å². The molecule has 1 aliphatic heterocycles. The van der Waals surface area contributed by atoms with E-state index in [1.54, 1.807) is 30.3 Å². The molecule has 3 amide bonds. The Morgan fingerprint density at radius 2 is 1.68 bits per heavy atom. The van der Waals surface area contributed by atoms with Crippen LogP contribution in [0.25, 0.3) is 0 Å². The molecule has 162 valence electrons. The lowest BCUT2D eigenvalue weighted by Gasteiger charge is -2.18. The second kappa shape index (κ2) is 9.38. The third-order valence-electron chi connectivity index (χ3n) is 4.74. The van der Waals surface area contributed by atoms with E-state index in [-0.39, 0.29) is 30.5 Å². The fourth-order valence-corrected chi connectivity index (χ4v) is 3.18. The van der Waals surface area contributed by atoms with E-state index in [1.807, 2.05) is 0 Å². The molecule has 1 fully saturated rings. The average Bonchev–Trinajstić information content (AvgIpc) is 3.11. The van der Waals surface area contributed by atoms with Crippen molar-refractivity contribution in [2.24, 2.45) is 5.92 Å². The lowest BCUT2D eigenvalue weighted by atomic mass is 10.1. The van der Waals surface area contributed by atoms with Gasteiger partial charge in [0, 0.05) is 31.3 Å². The van der Waals surface area contributed by atoms with Gasteiger partial charge in [-0.1, -0.05) is 12.1 Å². The first-order chi connectivity index (χ1) is 14.7. The number of amides is 3. The van der Waals surface area contributed by atoms with Crippen LogP contribution in [0.3, 0.4) is 0 Å². The Hall–Kier alpha value is -3.75. The number of nitrogens with one attached hydrogen (secondary N) is 2. The largest absolute Gasteiger partial charge is 0.452 e. The van der Waals surface area contributed by atoms with E-state index < -0.39 is 29.7 Å². The van der Waals surface area contributed by atoms with Gasteiger partial charge in [-0.15, -0.1) is 0 Å². The molecule has 1 saturated heterocycles. The van der Waals surface area contributed by atoms with Crippen LogP contribution in [-0.4, -0.2) is 36.3 Å². The molecule has 0 bridgehead atoms. The van der Waals surface area contributed by atoms with Gasteiger partial charge in [-0.2, -0.15) is 0 Å². The zero-order valence-corrected chi connectivity index (χ0v) is 17.1. The van der Waals surface area contributed by atoms with E-state index in [1.165, 1.54) is 36.9 Å². The second-order valence-electron chi connectivity index (χ2n) is 7.18. The van der Waals surface area contributed by atoms with Gasteiger partial charge < -0.3 is 20.3 Å². The SMILES string of the molecule is CC(=O)Nc1ccc(NC(=O)[C@H](C)OC(=O)[C@@H]2CC(=O)N(c3ccccc3F)C2)cc1. The first kappa shape index (κ1) is 21.9. The van der Waals surface area contributed by atoms with Crippen molar-refractivity contribution < 1.29 is 28.3 Å². The van der Waals surface area contributed by atoms with Crippen molar-refractivity contribution in [3.05, 3.63) is 54.3 Å². The molecule has 0 radical (unpaired) electrons. The highest BCUT2D eigenvalue weighted by Crippen LogP contribution is 2.28. The van der Waals surface area contributed by atoms with Gasteiger partial charge in [0.15, 0.2) is 6.10 Å². The van der Waals surface area contributed by atoms with E-state index >= 15 is 0 Å². The minimum absolute atomic E-state index is 0.0163. The van der Waals surface area contributed by atoms with Gasteiger partial charge in [-0.05, 0) is 43.3 Å². The molecule has 2 atom stereocenters. The summed E-state index contributed by atoms with van der Waals surface area (Å²) in [5.74, 6) is -3.19. The number of para-hydroxylation sites is 1. The van der Waals surface area contributed by atoms with Crippen molar-refractivity contribution in [1.29, 1.82) is 0 Å². The van der Waals surface area contributed by atoms with Crippen molar-refractivity contribution in [2.45, 2.75) is 26.4 Å². The molecule has 0 spiro atoms.